The van der Waals surface area contributed by atoms with Crippen LogP contribution < -0.4 is 25.0 Å². The van der Waals surface area contributed by atoms with Crippen molar-refractivity contribution in [3.63, 3.8) is 0 Å². The fourth-order valence-electron chi connectivity index (χ4n) is 4.81. The van der Waals surface area contributed by atoms with Crippen LogP contribution in [-0.4, -0.2) is 56.9 Å². The molecule has 3 heterocycles. The van der Waals surface area contributed by atoms with E-state index in [2.05, 4.69) is 44.5 Å². The van der Waals surface area contributed by atoms with Crippen molar-refractivity contribution in [3.8, 4) is 16.9 Å². The molecule has 0 saturated carbocycles. The van der Waals surface area contributed by atoms with E-state index in [9.17, 15) is 8.42 Å². The highest BCUT2D eigenvalue weighted by Crippen LogP contribution is 2.37. The standard InChI is InChI=1S/C26H35N7O3S/c1-15(2)22-17(4)29-26(27)30-25(22)33-8-9-36-23-16(3)10-18(11-20(23)14-33)19-12-21(31-37(7,34)35)24(28-13-19)32(5)6/h10-13,15,31H,8-9,14H2,1-7H3,(H2,27,29,30). The lowest BCUT2D eigenvalue weighted by molar-refractivity contribution is 0.329. The van der Waals surface area contributed by atoms with Crippen molar-refractivity contribution >= 4 is 33.3 Å². The predicted octanol–water partition coefficient (Wildman–Crippen LogP) is 3.70. The Balaban J connectivity index is 1.79. The number of nitrogens with two attached hydrogens (primary N) is 1. The number of nitrogens with one attached hydrogen (secondary N) is 1. The van der Waals surface area contributed by atoms with Crippen molar-refractivity contribution in [1.29, 1.82) is 0 Å². The molecule has 0 radical (unpaired) electrons. The molecule has 3 aromatic rings. The van der Waals surface area contributed by atoms with Gasteiger partial charge in [0.15, 0.2) is 5.82 Å². The second kappa shape index (κ2) is 10.0. The molecule has 0 fully saturated rings. The molecule has 0 aliphatic carbocycles. The summed E-state index contributed by atoms with van der Waals surface area (Å²) in [5, 5.41) is 0. The summed E-state index contributed by atoms with van der Waals surface area (Å²) in [7, 11) is 0.159. The molecule has 198 valence electrons. The van der Waals surface area contributed by atoms with E-state index < -0.39 is 10.0 Å². The van der Waals surface area contributed by atoms with Gasteiger partial charge in [0.25, 0.3) is 0 Å². The molecule has 2 aromatic heterocycles. The number of hydrogen-bond donors (Lipinski definition) is 2. The summed E-state index contributed by atoms with van der Waals surface area (Å²) in [5.41, 5.74) is 12.1. The quantitative estimate of drug-likeness (QED) is 0.495. The first-order valence-corrected chi connectivity index (χ1v) is 14.0. The SMILES string of the molecule is Cc1cc(-c2cnc(N(C)C)c(NS(C)(=O)=O)c2)cc2c1OCCN(c1nc(N)nc(C)c1C(C)C)C2. The predicted molar refractivity (Wildman–Crippen MR) is 149 cm³/mol. The smallest absolute Gasteiger partial charge is 0.229 e. The van der Waals surface area contributed by atoms with Gasteiger partial charge in [0, 0.05) is 49.2 Å². The second-order valence-electron chi connectivity index (χ2n) is 9.97. The van der Waals surface area contributed by atoms with E-state index in [0.717, 1.165) is 51.3 Å². The fourth-order valence-corrected chi connectivity index (χ4v) is 5.36. The van der Waals surface area contributed by atoms with E-state index in [-0.39, 0.29) is 11.9 Å². The van der Waals surface area contributed by atoms with E-state index in [0.29, 0.717) is 31.2 Å². The maximum atomic E-state index is 12.0. The number of hydrogen-bond acceptors (Lipinski definition) is 9. The van der Waals surface area contributed by atoms with E-state index >= 15 is 0 Å². The van der Waals surface area contributed by atoms with Crippen molar-refractivity contribution in [2.75, 3.05) is 53.8 Å². The maximum Gasteiger partial charge on any atom is 0.229 e. The molecule has 1 aromatic carbocycles. The van der Waals surface area contributed by atoms with Gasteiger partial charge in [-0.05, 0) is 49.1 Å². The van der Waals surface area contributed by atoms with Crippen LogP contribution in [0.2, 0.25) is 0 Å². The van der Waals surface area contributed by atoms with Crippen LogP contribution in [0.4, 0.5) is 23.3 Å². The van der Waals surface area contributed by atoms with Crippen LogP contribution >= 0.6 is 0 Å². The molecule has 0 bridgehead atoms. The minimum absolute atomic E-state index is 0.231. The Kier molecular flexibility index (Phi) is 7.18. The van der Waals surface area contributed by atoms with Crippen molar-refractivity contribution in [3.05, 3.63) is 46.8 Å². The summed E-state index contributed by atoms with van der Waals surface area (Å²) in [4.78, 5) is 17.5. The molecule has 1 aliphatic heterocycles. The first-order valence-electron chi connectivity index (χ1n) is 12.1. The summed E-state index contributed by atoms with van der Waals surface area (Å²) in [5.74, 6) is 2.70. The lowest BCUT2D eigenvalue weighted by Crippen LogP contribution is -2.28. The topological polar surface area (TPSA) is 127 Å². The number of anilines is 4. The molecular weight excluding hydrogens is 490 g/mol. The number of nitrogens with zero attached hydrogens (tertiary/aromatic N) is 5. The van der Waals surface area contributed by atoms with Gasteiger partial charge in [-0.15, -0.1) is 0 Å². The van der Waals surface area contributed by atoms with Gasteiger partial charge in [0.1, 0.15) is 18.2 Å². The number of nitrogen functional groups attached to an aromatic ring is 1. The summed E-state index contributed by atoms with van der Waals surface area (Å²) < 4.78 is 32.8. The number of sulfonamides is 1. The van der Waals surface area contributed by atoms with Crippen LogP contribution in [0.1, 0.15) is 42.1 Å². The third kappa shape index (κ3) is 5.71. The van der Waals surface area contributed by atoms with Gasteiger partial charge in [-0.25, -0.2) is 18.4 Å². The zero-order valence-electron chi connectivity index (χ0n) is 22.5. The number of rotatable bonds is 6. The fraction of sp³-hybridized carbons (Fsp3) is 0.423. The minimum atomic E-state index is -3.48. The van der Waals surface area contributed by atoms with Gasteiger partial charge in [-0.2, -0.15) is 4.98 Å². The van der Waals surface area contributed by atoms with Gasteiger partial charge in [-0.3, -0.25) is 4.72 Å². The molecule has 37 heavy (non-hydrogen) atoms. The second-order valence-corrected chi connectivity index (χ2v) is 11.7. The van der Waals surface area contributed by atoms with Crippen LogP contribution in [0.15, 0.2) is 24.4 Å². The van der Waals surface area contributed by atoms with Crippen LogP contribution in [0.5, 0.6) is 5.75 Å². The van der Waals surface area contributed by atoms with Gasteiger partial charge >= 0.3 is 0 Å². The van der Waals surface area contributed by atoms with Crippen LogP contribution in [0.3, 0.4) is 0 Å². The summed E-state index contributed by atoms with van der Waals surface area (Å²) in [6, 6.07) is 5.92. The van der Waals surface area contributed by atoms with Crippen LogP contribution in [-0.2, 0) is 16.6 Å². The number of fused-ring (bicyclic) bond motifs is 1. The zero-order chi connectivity index (χ0) is 27.1. The van der Waals surface area contributed by atoms with Crippen molar-refractivity contribution in [1.82, 2.24) is 15.0 Å². The summed E-state index contributed by atoms with van der Waals surface area (Å²) >= 11 is 0. The maximum absolute atomic E-state index is 12.0. The Labute approximate surface area is 218 Å². The molecule has 11 heteroatoms. The van der Waals surface area contributed by atoms with E-state index in [1.165, 1.54) is 0 Å². The van der Waals surface area contributed by atoms with Gasteiger partial charge in [0.2, 0.25) is 16.0 Å². The third-order valence-corrected chi connectivity index (χ3v) is 6.84. The molecule has 4 rings (SSSR count). The molecule has 3 N–H and O–H groups in total. The molecular formula is C26H35N7O3S. The highest BCUT2D eigenvalue weighted by atomic mass is 32.2. The van der Waals surface area contributed by atoms with Crippen molar-refractivity contribution in [2.24, 2.45) is 0 Å². The third-order valence-electron chi connectivity index (χ3n) is 6.25. The lowest BCUT2D eigenvalue weighted by Gasteiger charge is -2.26. The Hall–Kier alpha value is -3.60. The summed E-state index contributed by atoms with van der Waals surface area (Å²) in [6.45, 7) is 9.98. The normalized spacial score (nSPS) is 13.7. The number of aromatic nitrogens is 3. The molecule has 0 atom stereocenters. The van der Waals surface area contributed by atoms with Gasteiger partial charge < -0.3 is 20.3 Å². The largest absolute Gasteiger partial charge is 0.491 e. The highest BCUT2D eigenvalue weighted by molar-refractivity contribution is 7.92. The number of benzene rings is 1. The van der Waals surface area contributed by atoms with E-state index in [1.54, 1.807) is 11.1 Å². The average Bonchev–Trinajstić information content (AvgIpc) is 2.99. The molecule has 10 nitrogen and oxygen atoms in total. The van der Waals surface area contributed by atoms with Gasteiger partial charge in [0.05, 0.1) is 18.5 Å². The average molecular weight is 526 g/mol. The Morgan fingerprint density at radius 2 is 1.86 bits per heavy atom. The van der Waals surface area contributed by atoms with E-state index in [1.807, 2.05) is 40.1 Å². The lowest BCUT2D eigenvalue weighted by atomic mass is 9.98. The number of pyridine rings is 1. The molecule has 1 aliphatic rings. The molecule has 0 unspecified atom stereocenters. The Morgan fingerprint density at radius 1 is 1.14 bits per heavy atom. The first kappa shape index (κ1) is 26.5. The van der Waals surface area contributed by atoms with E-state index in [4.69, 9.17) is 10.5 Å². The molecule has 0 amide bonds. The Morgan fingerprint density at radius 3 is 2.51 bits per heavy atom. The monoisotopic (exact) mass is 525 g/mol. The van der Waals surface area contributed by atoms with Crippen molar-refractivity contribution < 1.29 is 13.2 Å². The Bertz CT molecular complexity index is 1440. The summed E-state index contributed by atoms with van der Waals surface area (Å²) in [6.07, 6.45) is 2.88. The van der Waals surface area contributed by atoms with Gasteiger partial charge in [-0.1, -0.05) is 13.8 Å². The van der Waals surface area contributed by atoms with Crippen LogP contribution in [0.25, 0.3) is 11.1 Å². The minimum Gasteiger partial charge on any atom is -0.491 e. The van der Waals surface area contributed by atoms with Crippen molar-refractivity contribution in [2.45, 2.75) is 40.2 Å². The molecule has 0 spiro atoms. The number of aryl methyl sites for hydroxylation is 2. The highest BCUT2D eigenvalue weighted by Gasteiger charge is 2.24. The number of ether oxygens (including phenoxy) is 1. The zero-order valence-corrected chi connectivity index (χ0v) is 23.3. The molecule has 0 saturated heterocycles. The first-order chi connectivity index (χ1) is 17.3. The van der Waals surface area contributed by atoms with Crippen LogP contribution in [0, 0.1) is 13.8 Å².